The molecule has 0 unspecified atom stereocenters. The van der Waals surface area contributed by atoms with E-state index in [1.165, 1.54) is 6.21 Å². The molecule has 0 fully saturated rings. The molecule has 0 saturated heterocycles. The topological polar surface area (TPSA) is 79.8 Å². The lowest BCUT2D eigenvalue weighted by Gasteiger charge is -2.06. The Kier molecular flexibility index (Phi) is 7.35. The van der Waals surface area contributed by atoms with Crippen LogP contribution in [0.3, 0.4) is 0 Å². The summed E-state index contributed by atoms with van der Waals surface area (Å²) in [4.78, 5) is 23.5. The summed E-state index contributed by atoms with van der Waals surface area (Å²) >= 11 is 3.40. The van der Waals surface area contributed by atoms with Crippen molar-refractivity contribution in [3.8, 4) is 5.75 Å². The fourth-order valence-electron chi connectivity index (χ4n) is 2.05. The van der Waals surface area contributed by atoms with Crippen molar-refractivity contribution in [1.29, 1.82) is 0 Å². The molecule has 0 aliphatic rings. The number of rotatable bonds is 6. The van der Waals surface area contributed by atoms with Gasteiger partial charge in [0, 0.05) is 6.54 Å². The number of carbonyl (C=O) groups excluding carboxylic acids is 2. The summed E-state index contributed by atoms with van der Waals surface area (Å²) in [6.07, 6.45) is 1.45. The molecule has 0 bridgehead atoms. The molecule has 2 N–H and O–H groups in total. The van der Waals surface area contributed by atoms with Crippen molar-refractivity contribution in [2.75, 3.05) is 6.61 Å². The molecule has 0 radical (unpaired) electrons. The zero-order valence-corrected chi connectivity index (χ0v) is 16.2. The van der Waals surface area contributed by atoms with Crippen molar-refractivity contribution < 1.29 is 14.3 Å². The van der Waals surface area contributed by atoms with E-state index in [4.69, 9.17) is 4.74 Å². The molecule has 2 aromatic rings. The van der Waals surface area contributed by atoms with Crippen LogP contribution in [0.2, 0.25) is 0 Å². The van der Waals surface area contributed by atoms with Crippen LogP contribution in [0.15, 0.2) is 52.0 Å². The van der Waals surface area contributed by atoms with E-state index in [0.717, 1.165) is 26.9 Å². The van der Waals surface area contributed by atoms with E-state index in [2.05, 4.69) is 31.8 Å². The van der Waals surface area contributed by atoms with Crippen LogP contribution < -0.4 is 15.5 Å². The fraction of sp³-hybridized carbons (Fsp3) is 0.211. The van der Waals surface area contributed by atoms with Gasteiger partial charge in [-0.15, -0.1) is 0 Å². The Labute approximate surface area is 160 Å². The van der Waals surface area contributed by atoms with Gasteiger partial charge in [0.2, 0.25) is 0 Å². The minimum atomic E-state index is -0.821. The third-order valence-corrected chi connectivity index (χ3v) is 4.04. The van der Waals surface area contributed by atoms with E-state index >= 15 is 0 Å². The average molecular weight is 418 g/mol. The minimum absolute atomic E-state index is 0.280. The third-order valence-electron chi connectivity index (χ3n) is 3.42. The second-order valence-electron chi connectivity index (χ2n) is 5.49. The molecule has 0 aliphatic heterocycles. The molecular weight excluding hydrogens is 398 g/mol. The molecule has 26 heavy (non-hydrogen) atoms. The van der Waals surface area contributed by atoms with Crippen LogP contribution in [0.4, 0.5) is 0 Å². The highest BCUT2D eigenvalue weighted by Gasteiger charge is 2.11. The van der Waals surface area contributed by atoms with Gasteiger partial charge in [-0.1, -0.05) is 29.8 Å². The Morgan fingerprint density at radius 1 is 1.15 bits per heavy atom. The average Bonchev–Trinajstić information content (AvgIpc) is 2.63. The summed E-state index contributed by atoms with van der Waals surface area (Å²) < 4.78 is 6.20. The van der Waals surface area contributed by atoms with Crippen molar-refractivity contribution in [2.45, 2.75) is 20.4 Å². The predicted molar refractivity (Wildman–Crippen MR) is 104 cm³/mol. The molecule has 2 amide bonds. The molecular formula is C19H20BrN3O3. The number of carbonyl (C=O) groups is 2. The van der Waals surface area contributed by atoms with Gasteiger partial charge >= 0.3 is 11.8 Å². The third kappa shape index (κ3) is 6.00. The number of aryl methyl sites for hydroxylation is 1. The summed E-state index contributed by atoms with van der Waals surface area (Å²) in [5, 5.41) is 6.35. The Balaban J connectivity index is 1.83. The van der Waals surface area contributed by atoms with Gasteiger partial charge in [-0.2, -0.15) is 5.10 Å². The summed E-state index contributed by atoms with van der Waals surface area (Å²) in [5.74, 6) is -0.835. The maximum atomic E-state index is 11.8. The number of ether oxygens (including phenoxy) is 1. The normalized spacial score (nSPS) is 10.6. The zero-order valence-electron chi connectivity index (χ0n) is 14.6. The lowest BCUT2D eigenvalue weighted by Crippen LogP contribution is -2.37. The van der Waals surface area contributed by atoms with Gasteiger partial charge in [0.05, 0.1) is 17.3 Å². The molecule has 0 heterocycles. The van der Waals surface area contributed by atoms with Crippen molar-refractivity contribution in [2.24, 2.45) is 5.10 Å². The van der Waals surface area contributed by atoms with Crippen LogP contribution in [0.25, 0.3) is 0 Å². The maximum absolute atomic E-state index is 11.8. The van der Waals surface area contributed by atoms with E-state index in [1.54, 1.807) is 18.2 Å². The van der Waals surface area contributed by atoms with Gasteiger partial charge in [-0.05, 0) is 59.1 Å². The number of halogens is 1. The van der Waals surface area contributed by atoms with Crippen LogP contribution in [0.5, 0.6) is 5.75 Å². The Morgan fingerprint density at radius 2 is 1.88 bits per heavy atom. The van der Waals surface area contributed by atoms with Crippen molar-refractivity contribution >= 4 is 34.0 Å². The van der Waals surface area contributed by atoms with E-state index in [1.807, 2.05) is 38.1 Å². The fourth-order valence-corrected chi connectivity index (χ4v) is 2.57. The van der Waals surface area contributed by atoms with Crippen LogP contribution in [0.1, 0.15) is 23.6 Å². The maximum Gasteiger partial charge on any atom is 0.329 e. The quantitative estimate of drug-likeness (QED) is 0.430. The number of benzene rings is 2. The first kappa shape index (κ1) is 19.7. The second kappa shape index (κ2) is 9.72. The second-order valence-corrected chi connectivity index (χ2v) is 6.34. The SMILES string of the molecule is CCOc1ccc(/C=N\NC(=O)C(=O)NCc2ccc(C)cc2)cc1Br. The predicted octanol–water partition coefficient (Wildman–Crippen LogP) is 2.92. The Bertz CT molecular complexity index is 804. The highest BCUT2D eigenvalue weighted by Crippen LogP contribution is 2.25. The molecule has 6 nitrogen and oxygen atoms in total. The molecule has 0 atom stereocenters. The van der Waals surface area contributed by atoms with Gasteiger partial charge in [-0.25, -0.2) is 5.43 Å². The molecule has 2 aromatic carbocycles. The van der Waals surface area contributed by atoms with Crippen molar-refractivity contribution in [3.05, 3.63) is 63.6 Å². The van der Waals surface area contributed by atoms with Crippen molar-refractivity contribution in [3.63, 3.8) is 0 Å². The number of hydrogen-bond acceptors (Lipinski definition) is 4. The zero-order chi connectivity index (χ0) is 18.9. The van der Waals surface area contributed by atoms with Crippen LogP contribution in [-0.4, -0.2) is 24.6 Å². The summed E-state index contributed by atoms with van der Waals surface area (Å²) in [5.41, 5.74) is 5.01. The standard InChI is InChI=1S/C19H20BrN3O3/c1-3-26-17-9-8-15(10-16(17)20)12-22-23-19(25)18(24)21-11-14-6-4-13(2)5-7-14/h4-10,12H,3,11H2,1-2H3,(H,21,24)(H,23,25)/b22-12-. The van der Waals surface area contributed by atoms with E-state index < -0.39 is 11.8 Å². The van der Waals surface area contributed by atoms with Gasteiger partial charge < -0.3 is 10.1 Å². The van der Waals surface area contributed by atoms with Crippen LogP contribution in [0, 0.1) is 6.92 Å². The Morgan fingerprint density at radius 3 is 2.54 bits per heavy atom. The summed E-state index contributed by atoms with van der Waals surface area (Å²) in [7, 11) is 0. The number of nitrogens with one attached hydrogen (secondary N) is 2. The first-order valence-electron chi connectivity index (χ1n) is 8.08. The van der Waals surface area contributed by atoms with Gasteiger partial charge in [0.25, 0.3) is 0 Å². The number of hydrazone groups is 1. The van der Waals surface area contributed by atoms with Crippen LogP contribution >= 0.6 is 15.9 Å². The highest BCUT2D eigenvalue weighted by molar-refractivity contribution is 9.10. The number of hydrogen-bond donors (Lipinski definition) is 2. The van der Waals surface area contributed by atoms with Gasteiger partial charge in [0.1, 0.15) is 5.75 Å². The lowest BCUT2D eigenvalue weighted by molar-refractivity contribution is -0.139. The molecule has 2 rings (SSSR count). The van der Waals surface area contributed by atoms with Gasteiger partial charge in [0.15, 0.2) is 0 Å². The molecule has 0 saturated carbocycles. The first-order chi connectivity index (χ1) is 12.5. The van der Waals surface area contributed by atoms with Crippen molar-refractivity contribution in [1.82, 2.24) is 10.7 Å². The monoisotopic (exact) mass is 417 g/mol. The van der Waals surface area contributed by atoms with E-state index in [9.17, 15) is 9.59 Å². The molecule has 0 aliphatic carbocycles. The van der Waals surface area contributed by atoms with Gasteiger partial charge in [-0.3, -0.25) is 9.59 Å². The molecule has 0 spiro atoms. The van der Waals surface area contributed by atoms with Crippen LogP contribution in [-0.2, 0) is 16.1 Å². The molecule has 7 heteroatoms. The number of nitrogens with zero attached hydrogens (tertiary/aromatic N) is 1. The largest absolute Gasteiger partial charge is 0.493 e. The molecule has 136 valence electrons. The van der Waals surface area contributed by atoms with E-state index in [0.29, 0.717) is 6.61 Å². The number of amides is 2. The molecule has 0 aromatic heterocycles. The summed E-state index contributed by atoms with van der Waals surface area (Å²) in [6, 6.07) is 13.1. The first-order valence-corrected chi connectivity index (χ1v) is 8.88. The Hall–Kier alpha value is -2.67. The van der Waals surface area contributed by atoms with E-state index in [-0.39, 0.29) is 6.54 Å². The smallest absolute Gasteiger partial charge is 0.329 e. The summed E-state index contributed by atoms with van der Waals surface area (Å²) in [6.45, 7) is 4.74. The lowest BCUT2D eigenvalue weighted by atomic mass is 10.1. The highest BCUT2D eigenvalue weighted by atomic mass is 79.9. The minimum Gasteiger partial charge on any atom is -0.493 e.